The summed E-state index contributed by atoms with van der Waals surface area (Å²) < 4.78 is 5.11. The fourth-order valence-electron chi connectivity index (χ4n) is 2.35. The number of carbonyl (C=O) groups excluding carboxylic acids is 2. The van der Waals surface area contributed by atoms with Crippen LogP contribution in [0.3, 0.4) is 0 Å². The van der Waals surface area contributed by atoms with Crippen LogP contribution in [0.4, 0.5) is 0 Å². The van der Waals surface area contributed by atoms with Crippen molar-refractivity contribution in [3.63, 3.8) is 0 Å². The number of esters is 1. The summed E-state index contributed by atoms with van der Waals surface area (Å²) in [6.07, 6.45) is 0.393. The van der Waals surface area contributed by atoms with Crippen LogP contribution in [0.15, 0.2) is 59.5 Å². The Balaban J connectivity index is 2.01. The maximum absolute atomic E-state index is 12.6. The normalized spacial score (nSPS) is 12.9. The summed E-state index contributed by atoms with van der Waals surface area (Å²) in [7, 11) is 0. The zero-order chi connectivity index (χ0) is 18.9. The first-order chi connectivity index (χ1) is 12.5. The van der Waals surface area contributed by atoms with Crippen LogP contribution >= 0.6 is 23.4 Å². The molecule has 2 atom stereocenters. The SMILES string of the molecule is CCOC(=O)C(Cc1ccccc1)NC(=O)C(C)Sc1ccc(Cl)cc1. The lowest BCUT2D eigenvalue weighted by atomic mass is 10.1. The molecule has 0 saturated heterocycles. The maximum atomic E-state index is 12.6. The number of hydrogen-bond donors (Lipinski definition) is 1. The molecular formula is C20H22ClNO3S. The summed E-state index contributed by atoms with van der Waals surface area (Å²) in [6.45, 7) is 3.83. The third-order valence-electron chi connectivity index (χ3n) is 3.67. The van der Waals surface area contributed by atoms with Crippen LogP contribution in [0, 0.1) is 0 Å². The standard InChI is InChI=1S/C20H22ClNO3S/c1-3-25-20(24)18(13-15-7-5-4-6-8-15)22-19(23)14(2)26-17-11-9-16(21)10-12-17/h4-12,14,18H,3,13H2,1-2H3,(H,22,23). The molecule has 1 N–H and O–H groups in total. The molecular weight excluding hydrogens is 370 g/mol. The van der Waals surface area contributed by atoms with Crippen molar-refractivity contribution in [2.24, 2.45) is 0 Å². The average molecular weight is 392 g/mol. The summed E-state index contributed by atoms with van der Waals surface area (Å²) in [5.74, 6) is -0.632. The Morgan fingerprint density at radius 2 is 1.77 bits per heavy atom. The lowest BCUT2D eigenvalue weighted by molar-refractivity contribution is -0.147. The summed E-state index contributed by atoms with van der Waals surface area (Å²) in [5.41, 5.74) is 0.962. The highest BCUT2D eigenvalue weighted by molar-refractivity contribution is 8.00. The highest BCUT2D eigenvalue weighted by Gasteiger charge is 2.25. The minimum absolute atomic E-state index is 0.209. The van der Waals surface area contributed by atoms with E-state index < -0.39 is 12.0 Å². The van der Waals surface area contributed by atoms with Crippen molar-refractivity contribution in [2.45, 2.75) is 36.5 Å². The van der Waals surface area contributed by atoms with E-state index in [1.165, 1.54) is 11.8 Å². The number of benzene rings is 2. The van der Waals surface area contributed by atoms with E-state index in [9.17, 15) is 9.59 Å². The van der Waals surface area contributed by atoms with Crippen molar-refractivity contribution in [1.82, 2.24) is 5.32 Å². The molecule has 26 heavy (non-hydrogen) atoms. The van der Waals surface area contributed by atoms with E-state index in [1.54, 1.807) is 26.0 Å². The number of hydrogen-bond acceptors (Lipinski definition) is 4. The third kappa shape index (κ3) is 6.39. The zero-order valence-corrected chi connectivity index (χ0v) is 16.3. The zero-order valence-electron chi connectivity index (χ0n) is 14.8. The van der Waals surface area contributed by atoms with Crippen LogP contribution in [0.25, 0.3) is 0 Å². The molecule has 2 aromatic carbocycles. The Labute approximate surface area is 163 Å². The molecule has 0 bridgehead atoms. The van der Waals surface area contributed by atoms with Gasteiger partial charge in [-0.2, -0.15) is 0 Å². The first-order valence-electron chi connectivity index (χ1n) is 8.42. The van der Waals surface area contributed by atoms with E-state index in [2.05, 4.69) is 5.32 Å². The number of nitrogens with one attached hydrogen (secondary N) is 1. The summed E-state index contributed by atoms with van der Waals surface area (Å²) in [4.78, 5) is 25.7. The number of carbonyl (C=O) groups is 2. The molecule has 2 unspecified atom stereocenters. The molecule has 0 radical (unpaired) electrons. The Morgan fingerprint density at radius 3 is 2.38 bits per heavy atom. The van der Waals surface area contributed by atoms with Crippen LogP contribution in [-0.4, -0.2) is 29.8 Å². The Hall–Kier alpha value is -1.98. The number of thioether (sulfide) groups is 1. The second-order valence-electron chi connectivity index (χ2n) is 5.72. The van der Waals surface area contributed by atoms with Gasteiger partial charge in [-0.25, -0.2) is 4.79 Å². The van der Waals surface area contributed by atoms with Crippen molar-refractivity contribution < 1.29 is 14.3 Å². The molecule has 0 saturated carbocycles. The number of rotatable bonds is 8. The topological polar surface area (TPSA) is 55.4 Å². The average Bonchev–Trinajstić information content (AvgIpc) is 2.64. The first kappa shape index (κ1) is 20.3. The minimum atomic E-state index is -0.710. The van der Waals surface area contributed by atoms with Crippen molar-refractivity contribution >= 4 is 35.2 Å². The Bertz CT molecular complexity index is 722. The summed E-state index contributed by atoms with van der Waals surface area (Å²) >= 11 is 7.29. The van der Waals surface area contributed by atoms with Gasteiger partial charge in [-0.15, -0.1) is 11.8 Å². The fourth-order valence-corrected chi connectivity index (χ4v) is 3.35. The predicted octanol–water partition coefficient (Wildman–Crippen LogP) is 4.11. The van der Waals surface area contributed by atoms with Gasteiger partial charge in [-0.3, -0.25) is 4.79 Å². The van der Waals surface area contributed by atoms with Crippen LogP contribution < -0.4 is 5.32 Å². The molecule has 0 spiro atoms. The molecule has 1 amide bonds. The molecule has 2 rings (SSSR count). The minimum Gasteiger partial charge on any atom is -0.464 e. The van der Waals surface area contributed by atoms with E-state index in [0.717, 1.165) is 10.5 Å². The molecule has 2 aromatic rings. The van der Waals surface area contributed by atoms with Crippen LogP contribution in [0.2, 0.25) is 5.02 Å². The second-order valence-corrected chi connectivity index (χ2v) is 7.57. The Kier molecular flexibility index (Phi) is 8.01. The van der Waals surface area contributed by atoms with Crippen molar-refractivity contribution in [3.8, 4) is 0 Å². The lowest BCUT2D eigenvalue weighted by Gasteiger charge is -2.20. The van der Waals surface area contributed by atoms with Crippen molar-refractivity contribution in [1.29, 1.82) is 0 Å². The van der Waals surface area contributed by atoms with Gasteiger partial charge >= 0.3 is 5.97 Å². The molecule has 0 aromatic heterocycles. The van der Waals surface area contributed by atoms with E-state index in [-0.39, 0.29) is 17.8 Å². The van der Waals surface area contributed by atoms with Gasteiger partial charge in [-0.05, 0) is 43.7 Å². The van der Waals surface area contributed by atoms with Gasteiger partial charge in [0.25, 0.3) is 0 Å². The van der Waals surface area contributed by atoms with Gasteiger partial charge in [0.2, 0.25) is 5.91 Å². The molecule has 0 heterocycles. The molecule has 0 aliphatic rings. The Morgan fingerprint density at radius 1 is 1.12 bits per heavy atom. The van der Waals surface area contributed by atoms with Gasteiger partial charge in [0.15, 0.2) is 0 Å². The van der Waals surface area contributed by atoms with Crippen molar-refractivity contribution in [3.05, 3.63) is 65.2 Å². The molecule has 138 valence electrons. The van der Waals surface area contributed by atoms with Crippen molar-refractivity contribution in [2.75, 3.05) is 6.61 Å². The van der Waals surface area contributed by atoms with Crippen LogP contribution in [0.5, 0.6) is 0 Å². The molecule has 0 aliphatic carbocycles. The molecule has 0 fully saturated rings. The lowest BCUT2D eigenvalue weighted by Crippen LogP contribution is -2.46. The largest absolute Gasteiger partial charge is 0.464 e. The van der Waals surface area contributed by atoms with Crippen LogP contribution in [0.1, 0.15) is 19.4 Å². The van der Waals surface area contributed by atoms with E-state index in [4.69, 9.17) is 16.3 Å². The highest BCUT2D eigenvalue weighted by atomic mass is 35.5. The molecule has 0 aliphatic heterocycles. The quantitative estimate of drug-likeness (QED) is 0.543. The first-order valence-corrected chi connectivity index (χ1v) is 9.68. The third-order valence-corrected chi connectivity index (χ3v) is 5.03. The van der Waals surface area contributed by atoms with Gasteiger partial charge in [0.05, 0.1) is 11.9 Å². The summed E-state index contributed by atoms with van der Waals surface area (Å²) in [5, 5.41) is 3.11. The van der Waals surface area contributed by atoms with Gasteiger partial charge in [-0.1, -0.05) is 41.9 Å². The van der Waals surface area contributed by atoms with Gasteiger partial charge in [0.1, 0.15) is 6.04 Å². The van der Waals surface area contributed by atoms with Gasteiger partial charge in [0, 0.05) is 16.3 Å². The number of ether oxygens (including phenoxy) is 1. The highest BCUT2D eigenvalue weighted by Crippen LogP contribution is 2.25. The second kappa shape index (κ2) is 10.2. The summed E-state index contributed by atoms with van der Waals surface area (Å²) in [6, 6.07) is 16.1. The molecule has 4 nitrogen and oxygen atoms in total. The predicted molar refractivity (Wildman–Crippen MR) is 105 cm³/mol. The smallest absolute Gasteiger partial charge is 0.328 e. The number of halogens is 1. The van der Waals surface area contributed by atoms with E-state index in [1.807, 2.05) is 42.5 Å². The number of amides is 1. The van der Waals surface area contributed by atoms with E-state index in [0.29, 0.717) is 11.4 Å². The molecule has 6 heteroatoms. The van der Waals surface area contributed by atoms with E-state index >= 15 is 0 Å². The van der Waals surface area contributed by atoms with Gasteiger partial charge < -0.3 is 10.1 Å². The fraction of sp³-hybridized carbons (Fsp3) is 0.300. The maximum Gasteiger partial charge on any atom is 0.328 e. The van der Waals surface area contributed by atoms with Crippen LogP contribution in [-0.2, 0) is 20.7 Å². The monoisotopic (exact) mass is 391 g/mol.